The predicted octanol–water partition coefficient (Wildman–Crippen LogP) is 2.78. The van der Waals surface area contributed by atoms with Gasteiger partial charge in [0.2, 0.25) is 0 Å². The number of aliphatic hydroxyl groups is 1. The third-order valence-corrected chi connectivity index (χ3v) is 3.24. The summed E-state index contributed by atoms with van der Waals surface area (Å²) in [5, 5.41) is 13.8. The molecule has 20 heavy (non-hydrogen) atoms. The molecule has 0 aliphatic carbocycles. The van der Waals surface area contributed by atoms with Crippen molar-refractivity contribution >= 4 is 16.7 Å². The number of aromatic nitrogens is 2. The second kappa shape index (κ2) is 5.67. The lowest BCUT2D eigenvalue weighted by Gasteiger charge is -2.18. The molecule has 0 amide bonds. The molecule has 1 heterocycles. The van der Waals surface area contributed by atoms with Crippen molar-refractivity contribution in [3.05, 3.63) is 66.5 Å². The van der Waals surface area contributed by atoms with E-state index >= 15 is 0 Å². The van der Waals surface area contributed by atoms with E-state index in [9.17, 15) is 5.11 Å². The fourth-order valence-electron chi connectivity index (χ4n) is 2.20. The van der Waals surface area contributed by atoms with Gasteiger partial charge in [-0.2, -0.15) is 0 Å². The molecule has 2 aromatic carbocycles. The molecule has 2 N–H and O–H groups in total. The zero-order valence-electron chi connectivity index (χ0n) is 10.9. The lowest BCUT2D eigenvalue weighted by Crippen LogP contribution is -2.15. The molecule has 1 atom stereocenters. The van der Waals surface area contributed by atoms with Crippen LogP contribution in [0.5, 0.6) is 0 Å². The molecular formula is C16H15N3O. The molecule has 0 fully saturated rings. The highest BCUT2D eigenvalue weighted by molar-refractivity contribution is 5.88. The molecule has 0 aliphatic rings. The van der Waals surface area contributed by atoms with Crippen molar-refractivity contribution in [2.45, 2.75) is 6.04 Å². The molecule has 100 valence electrons. The van der Waals surface area contributed by atoms with Crippen molar-refractivity contribution in [2.24, 2.45) is 0 Å². The number of nitrogens with zero attached hydrogens (tertiary/aromatic N) is 2. The molecule has 4 nitrogen and oxygen atoms in total. The number of hydrogen-bond donors (Lipinski definition) is 2. The van der Waals surface area contributed by atoms with Crippen LogP contribution in [0.2, 0.25) is 0 Å². The Bertz CT molecular complexity index is 695. The van der Waals surface area contributed by atoms with Gasteiger partial charge in [0.15, 0.2) is 0 Å². The van der Waals surface area contributed by atoms with Gasteiger partial charge < -0.3 is 10.4 Å². The van der Waals surface area contributed by atoms with Gasteiger partial charge in [0.05, 0.1) is 18.2 Å². The maximum Gasteiger partial charge on any atom is 0.137 e. The van der Waals surface area contributed by atoms with Crippen LogP contribution in [0.3, 0.4) is 0 Å². The molecule has 0 saturated heterocycles. The summed E-state index contributed by atoms with van der Waals surface area (Å²) in [4.78, 5) is 8.52. The van der Waals surface area contributed by atoms with Crippen molar-refractivity contribution in [2.75, 3.05) is 11.9 Å². The van der Waals surface area contributed by atoms with Gasteiger partial charge in [-0.1, -0.05) is 42.5 Å². The van der Waals surface area contributed by atoms with Crippen molar-refractivity contribution in [3.63, 3.8) is 0 Å². The van der Waals surface area contributed by atoms with E-state index in [1.54, 1.807) is 0 Å². The lowest BCUT2D eigenvalue weighted by atomic mass is 10.1. The van der Waals surface area contributed by atoms with Gasteiger partial charge in [-0.05, 0) is 17.7 Å². The van der Waals surface area contributed by atoms with E-state index < -0.39 is 0 Å². The smallest absolute Gasteiger partial charge is 0.137 e. The summed E-state index contributed by atoms with van der Waals surface area (Å²) < 4.78 is 0. The third kappa shape index (κ3) is 2.46. The number of para-hydroxylation sites is 1. The van der Waals surface area contributed by atoms with Gasteiger partial charge in [-0.15, -0.1) is 0 Å². The van der Waals surface area contributed by atoms with Crippen molar-refractivity contribution < 1.29 is 5.11 Å². The molecule has 0 radical (unpaired) electrons. The molecule has 3 rings (SSSR count). The highest BCUT2D eigenvalue weighted by Gasteiger charge is 2.12. The van der Waals surface area contributed by atoms with E-state index in [0.717, 1.165) is 22.3 Å². The Morgan fingerprint density at radius 1 is 0.950 bits per heavy atom. The molecule has 0 saturated carbocycles. The van der Waals surface area contributed by atoms with E-state index in [4.69, 9.17) is 0 Å². The summed E-state index contributed by atoms with van der Waals surface area (Å²) in [6.07, 6.45) is 1.53. The number of anilines is 1. The van der Waals surface area contributed by atoms with Gasteiger partial charge in [0.25, 0.3) is 0 Å². The topological polar surface area (TPSA) is 58.0 Å². The van der Waals surface area contributed by atoms with Crippen LogP contribution in [0.15, 0.2) is 60.9 Å². The summed E-state index contributed by atoms with van der Waals surface area (Å²) in [6.45, 7) is 0.00232. The SMILES string of the molecule is OC[C@@H](Nc1ncnc2ccccc12)c1ccccc1. The second-order valence-electron chi connectivity index (χ2n) is 4.53. The Balaban J connectivity index is 1.96. The van der Waals surface area contributed by atoms with Gasteiger partial charge >= 0.3 is 0 Å². The first-order valence-corrected chi connectivity index (χ1v) is 6.50. The lowest BCUT2D eigenvalue weighted by molar-refractivity contribution is 0.276. The summed E-state index contributed by atoms with van der Waals surface area (Å²) in [7, 11) is 0. The van der Waals surface area contributed by atoms with Crippen LogP contribution in [0.25, 0.3) is 10.9 Å². The average molecular weight is 265 g/mol. The molecule has 0 aliphatic heterocycles. The minimum Gasteiger partial charge on any atom is -0.394 e. The van der Waals surface area contributed by atoms with E-state index in [0.29, 0.717) is 0 Å². The van der Waals surface area contributed by atoms with Gasteiger partial charge in [-0.3, -0.25) is 0 Å². The van der Waals surface area contributed by atoms with E-state index in [1.165, 1.54) is 6.33 Å². The van der Waals surface area contributed by atoms with Gasteiger partial charge in [0, 0.05) is 5.39 Å². The monoisotopic (exact) mass is 265 g/mol. The summed E-state index contributed by atoms with van der Waals surface area (Å²) in [5.41, 5.74) is 1.91. The maximum atomic E-state index is 9.61. The summed E-state index contributed by atoms with van der Waals surface area (Å²) in [5.74, 6) is 0.735. The fourth-order valence-corrected chi connectivity index (χ4v) is 2.20. The van der Waals surface area contributed by atoms with Crippen molar-refractivity contribution in [1.82, 2.24) is 9.97 Å². The first-order valence-electron chi connectivity index (χ1n) is 6.50. The second-order valence-corrected chi connectivity index (χ2v) is 4.53. The summed E-state index contributed by atoms with van der Waals surface area (Å²) >= 11 is 0. The van der Waals surface area contributed by atoms with E-state index in [1.807, 2.05) is 54.6 Å². The quantitative estimate of drug-likeness (QED) is 0.761. The summed E-state index contributed by atoms with van der Waals surface area (Å²) in [6, 6.07) is 17.5. The molecule has 1 aromatic heterocycles. The van der Waals surface area contributed by atoms with Crippen LogP contribution >= 0.6 is 0 Å². The molecule has 0 bridgehead atoms. The Kier molecular flexibility index (Phi) is 3.56. The number of aliphatic hydroxyl groups excluding tert-OH is 1. The number of fused-ring (bicyclic) bond motifs is 1. The molecule has 0 spiro atoms. The van der Waals surface area contributed by atoms with Crippen LogP contribution in [-0.2, 0) is 0 Å². The first-order chi connectivity index (χ1) is 9.88. The van der Waals surface area contributed by atoms with Gasteiger partial charge in [-0.25, -0.2) is 9.97 Å². The van der Waals surface area contributed by atoms with Crippen LogP contribution < -0.4 is 5.32 Å². The minimum absolute atomic E-state index is 0.00232. The zero-order chi connectivity index (χ0) is 13.8. The molecular weight excluding hydrogens is 250 g/mol. The Morgan fingerprint density at radius 3 is 2.50 bits per heavy atom. The number of nitrogens with one attached hydrogen (secondary N) is 1. The average Bonchev–Trinajstić information content (AvgIpc) is 2.53. The molecule has 3 aromatic rings. The zero-order valence-corrected chi connectivity index (χ0v) is 10.9. The van der Waals surface area contributed by atoms with Gasteiger partial charge in [0.1, 0.15) is 12.1 Å². The van der Waals surface area contributed by atoms with E-state index in [2.05, 4.69) is 15.3 Å². The fraction of sp³-hybridized carbons (Fsp3) is 0.125. The van der Waals surface area contributed by atoms with Crippen molar-refractivity contribution in [3.8, 4) is 0 Å². The van der Waals surface area contributed by atoms with Crippen LogP contribution in [0, 0.1) is 0 Å². The first kappa shape index (κ1) is 12.6. The third-order valence-electron chi connectivity index (χ3n) is 3.24. The molecule has 4 heteroatoms. The Morgan fingerprint density at radius 2 is 1.70 bits per heavy atom. The predicted molar refractivity (Wildman–Crippen MR) is 79.4 cm³/mol. The highest BCUT2D eigenvalue weighted by Crippen LogP contribution is 2.23. The maximum absolute atomic E-state index is 9.61. The Labute approximate surface area is 117 Å². The number of benzene rings is 2. The van der Waals surface area contributed by atoms with Crippen LogP contribution in [0.4, 0.5) is 5.82 Å². The largest absolute Gasteiger partial charge is 0.394 e. The van der Waals surface area contributed by atoms with Crippen molar-refractivity contribution in [1.29, 1.82) is 0 Å². The van der Waals surface area contributed by atoms with Crippen LogP contribution in [-0.4, -0.2) is 21.7 Å². The van der Waals surface area contributed by atoms with Crippen LogP contribution in [0.1, 0.15) is 11.6 Å². The standard InChI is InChI=1S/C16H15N3O/c20-10-15(12-6-2-1-3-7-12)19-16-13-8-4-5-9-14(13)17-11-18-16/h1-9,11,15,20H,10H2,(H,17,18,19)/t15-/m1/s1. The Hall–Kier alpha value is -2.46. The number of hydrogen-bond acceptors (Lipinski definition) is 4. The van der Waals surface area contributed by atoms with E-state index in [-0.39, 0.29) is 12.6 Å². The number of rotatable bonds is 4. The normalized spacial score (nSPS) is 12.2. The minimum atomic E-state index is -0.186. The highest BCUT2D eigenvalue weighted by atomic mass is 16.3. The molecule has 0 unspecified atom stereocenters.